The van der Waals surface area contributed by atoms with Crippen molar-refractivity contribution in [2.24, 2.45) is 0 Å². The van der Waals surface area contributed by atoms with Gasteiger partial charge in [0.1, 0.15) is 5.75 Å². The summed E-state index contributed by atoms with van der Waals surface area (Å²) in [6.45, 7) is 4.72. The zero-order chi connectivity index (χ0) is 19.3. The molecular weight excluding hydrogens is 370 g/mol. The predicted molar refractivity (Wildman–Crippen MR) is 111 cm³/mol. The van der Waals surface area contributed by atoms with E-state index in [-0.39, 0.29) is 0 Å². The van der Waals surface area contributed by atoms with Gasteiger partial charge in [-0.3, -0.25) is 4.57 Å². The fraction of sp³-hybridized carbons (Fsp3) is 0.182. The minimum Gasteiger partial charge on any atom is -0.492 e. The maximum Gasteiger partial charge on any atom is 0.205 e. The lowest BCUT2D eigenvalue weighted by Gasteiger charge is -2.11. The highest BCUT2D eigenvalue weighted by Crippen LogP contribution is 2.28. The molecule has 0 saturated carbocycles. The van der Waals surface area contributed by atoms with Gasteiger partial charge in [-0.25, -0.2) is 0 Å². The molecule has 4 rings (SSSR count). The van der Waals surface area contributed by atoms with Crippen molar-refractivity contribution in [1.82, 2.24) is 14.8 Å². The number of thioether (sulfide) groups is 1. The number of para-hydroxylation sites is 1. The SMILES string of the molecule is Cc1ccc(C)c(OCCSc2nnc(-c3ccco3)n2-c2ccccc2)c1. The monoisotopic (exact) mass is 391 g/mol. The van der Waals surface area contributed by atoms with Gasteiger partial charge in [0.05, 0.1) is 12.9 Å². The lowest BCUT2D eigenvalue weighted by Crippen LogP contribution is -2.04. The van der Waals surface area contributed by atoms with E-state index in [0.29, 0.717) is 18.2 Å². The van der Waals surface area contributed by atoms with Gasteiger partial charge >= 0.3 is 0 Å². The molecule has 142 valence electrons. The summed E-state index contributed by atoms with van der Waals surface area (Å²) < 4.78 is 13.5. The van der Waals surface area contributed by atoms with Crippen LogP contribution in [0.2, 0.25) is 0 Å². The Kier molecular flexibility index (Phi) is 5.48. The fourth-order valence-corrected chi connectivity index (χ4v) is 3.65. The van der Waals surface area contributed by atoms with E-state index in [1.54, 1.807) is 18.0 Å². The van der Waals surface area contributed by atoms with Crippen LogP contribution >= 0.6 is 11.8 Å². The van der Waals surface area contributed by atoms with Crippen LogP contribution in [0.3, 0.4) is 0 Å². The molecule has 2 heterocycles. The Morgan fingerprint density at radius 3 is 2.64 bits per heavy atom. The van der Waals surface area contributed by atoms with E-state index >= 15 is 0 Å². The molecule has 0 aliphatic heterocycles. The number of furan rings is 1. The van der Waals surface area contributed by atoms with Crippen molar-refractivity contribution in [2.45, 2.75) is 19.0 Å². The maximum atomic E-state index is 5.97. The molecule has 0 N–H and O–H groups in total. The number of aromatic nitrogens is 3. The van der Waals surface area contributed by atoms with E-state index in [1.165, 1.54) is 5.56 Å². The molecule has 6 heteroatoms. The smallest absolute Gasteiger partial charge is 0.205 e. The van der Waals surface area contributed by atoms with Crippen LogP contribution < -0.4 is 4.74 Å². The molecule has 0 spiro atoms. The molecule has 28 heavy (non-hydrogen) atoms. The van der Waals surface area contributed by atoms with Gasteiger partial charge in [-0.2, -0.15) is 0 Å². The van der Waals surface area contributed by atoms with Gasteiger partial charge in [0.2, 0.25) is 5.82 Å². The molecule has 0 atom stereocenters. The number of hydrogen-bond acceptors (Lipinski definition) is 5. The number of rotatable bonds is 7. The highest BCUT2D eigenvalue weighted by molar-refractivity contribution is 7.99. The second-order valence-corrected chi connectivity index (χ2v) is 7.48. The van der Waals surface area contributed by atoms with E-state index < -0.39 is 0 Å². The van der Waals surface area contributed by atoms with Gasteiger partial charge in [0.25, 0.3) is 0 Å². The number of nitrogens with zero attached hydrogens (tertiary/aromatic N) is 3. The zero-order valence-corrected chi connectivity index (χ0v) is 16.6. The van der Waals surface area contributed by atoms with E-state index in [2.05, 4.69) is 42.2 Å². The van der Waals surface area contributed by atoms with Crippen LogP contribution in [0.25, 0.3) is 17.3 Å². The summed E-state index contributed by atoms with van der Waals surface area (Å²) in [5, 5.41) is 9.55. The molecule has 0 bridgehead atoms. The van der Waals surface area contributed by atoms with Crippen molar-refractivity contribution in [3.63, 3.8) is 0 Å². The Balaban J connectivity index is 1.51. The van der Waals surface area contributed by atoms with E-state index in [0.717, 1.165) is 27.9 Å². The summed E-state index contributed by atoms with van der Waals surface area (Å²) in [6.07, 6.45) is 1.64. The van der Waals surface area contributed by atoms with Crippen molar-refractivity contribution in [2.75, 3.05) is 12.4 Å². The summed E-state index contributed by atoms with van der Waals surface area (Å²) in [7, 11) is 0. The Labute approximate surface area is 168 Å². The maximum absolute atomic E-state index is 5.97. The van der Waals surface area contributed by atoms with Gasteiger partial charge < -0.3 is 9.15 Å². The average Bonchev–Trinajstić information content (AvgIpc) is 3.38. The third-order valence-electron chi connectivity index (χ3n) is 4.31. The van der Waals surface area contributed by atoms with Crippen molar-refractivity contribution in [3.05, 3.63) is 78.1 Å². The van der Waals surface area contributed by atoms with Crippen LogP contribution in [0.1, 0.15) is 11.1 Å². The number of aryl methyl sites for hydroxylation is 2. The van der Waals surface area contributed by atoms with E-state index in [4.69, 9.17) is 9.15 Å². The Morgan fingerprint density at radius 2 is 1.86 bits per heavy atom. The third kappa shape index (κ3) is 3.97. The summed E-state index contributed by atoms with van der Waals surface area (Å²) in [5.74, 6) is 3.07. The minimum absolute atomic E-state index is 0.590. The molecule has 0 amide bonds. The van der Waals surface area contributed by atoms with Crippen LogP contribution in [0, 0.1) is 13.8 Å². The number of benzene rings is 2. The van der Waals surface area contributed by atoms with Crippen molar-refractivity contribution >= 4 is 11.8 Å². The largest absolute Gasteiger partial charge is 0.492 e. The minimum atomic E-state index is 0.590. The number of hydrogen-bond donors (Lipinski definition) is 0. The van der Waals surface area contributed by atoms with Gasteiger partial charge in [-0.1, -0.05) is 42.1 Å². The lowest BCUT2D eigenvalue weighted by molar-refractivity contribution is 0.341. The topological polar surface area (TPSA) is 53.1 Å². The van der Waals surface area contributed by atoms with Crippen LogP contribution in [-0.2, 0) is 0 Å². The fourth-order valence-electron chi connectivity index (χ4n) is 2.89. The van der Waals surface area contributed by atoms with Gasteiger partial charge in [0, 0.05) is 11.4 Å². The standard InChI is InChI=1S/C22H21N3O2S/c1-16-10-11-17(2)20(15-16)27-13-14-28-22-24-23-21(19-9-6-12-26-19)25(22)18-7-4-3-5-8-18/h3-12,15H,13-14H2,1-2H3. The summed E-state index contributed by atoms with van der Waals surface area (Å²) >= 11 is 1.61. The van der Waals surface area contributed by atoms with E-state index in [1.807, 2.05) is 47.0 Å². The molecule has 2 aromatic heterocycles. The Morgan fingerprint density at radius 1 is 1.00 bits per heavy atom. The number of ether oxygens (including phenoxy) is 1. The second-order valence-electron chi connectivity index (χ2n) is 6.42. The molecule has 0 radical (unpaired) electrons. The van der Waals surface area contributed by atoms with E-state index in [9.17, 15) is 0 Å². The van der Waals surface area contributed by atoms with Gasteiger partial charge in [-0.15, -0.1) is 10.2 Å². The first-order valence-electron chi connectivity index (χ1n) is 9.10. The summed E-state index contributed by atoms with van der Waals surface area (Å²) in [4.78, 5) is 0. The first kappa shape index (κ1) is 18.4. The molecule has 0 aliphatic rings. The van der Waals surface area contributed by atoms with Crippen LogP contribution in [0.4, 0.5) is 0 Å². The van der Waals surface area contributed by atoms with Crippen LogP contribution in [-0.4, -0.2) is 27.1 Å². The normalized spacial score (nSPS) is 10.9. The highest BCUT2D eigenvalue weighted by atomic mass is 32.2. The van der Waals surface area contributed by atoms with Crippen molar-refractivity contribution in [1.29, 1.82) is 0 Å². The first-order chi connectivity index (χ1) is 13.7. The molecular formula is C22H21N3O2S. The molecule has 0 fully saturated rings. The zero-order valence-electron chi connectivity index (χ0n) is 15.8. The molecule has 2 aromatic carbocycles. The van der Waals surface area contributed by atoms with Crippen molar-refractivity contribution < 1.29 is 9.15 Å². The van der Waals surface area contributed by atoms with Crippen LogP contribution in [0.15, 0.2) is 76.5 Å². The second kappa shape index (κ2) is 8.35. The Bertz CT molecular complexity index is 1040. The highest BCUT2D eigenvalue weighted by Gasteiger charge is 2.17. The van der Waals surface area contributed by atoms with Gasteiger partial charge in [-0.05, 0) is 55.3 Å². The molecule has 4 aromatic rings. The molecule has 0 saturated heterocycles. The third-order valence-corrected chi connectivity index (χ3v) is 5.20. The van der Waals surface area contributed by atoms with Gasteiger partial charge in [0.15, 0.2) is 10.9 Å². The quantitative estimate of drug-likeness (QED) is 0.315. The molecule has 0 unspecified atom stereocenters. The summed E-state index contributed by atoms with van der Waals surface area (Å²) in [6, 6.07) is 20.0. The lowest BCUT2D eigenvalue weighted by atomic mass is 10.1. The van der Waals surface area contributed by atoms with Crippen molar-refractivity contribution in [3.8, 4) is 23.0 Å². The first-order valence-corrected chi connectivity index (χ1v) is 10.1. The molecule has 5 nitrogen and oxygen atoms in total. The average molecular weight is 391 g/mol. The van der Waals surface area contributed by atoms with Crippen LogP contribution in [0.5, 0.6) is 5.75 Å². The Hall–Kier alpha value is -2.99. The predicted octanol–water partition coefficient (Wildman–Crippen LogP) is 5.32. The molecule has 0 aliphatic carbocycles. The summed E-state index contributed by atoms with van der Waals surface area (Å²) in [5.41, 5.74) is 3.33.